The van der Waals surface area contributed by atoms with Gasteiger partial charge in [0.25, 0.3) is 0 Å². The lowest BCUT2D eigenvalue weighted by molar-refractivity contribution is 0.277. The molecule has 1 unspecified atom stereocenters. The summed E-state index contributed by atoms with van der Waals surface area (Å²) in [5, 5.41) is 4.33. The number of nitrogens with zero attached hydrogens (tertiary/aromatic N) is 1. The number of halogens is 2. The highest BCUT2D eigenvalue weighted by Gasteiger charge is 2.25. The lowest BCUT2D eigenvalue weighted by Gasteiger charge is -2.31. The van der Waals surface area contributed by atoms with Crippen molar-refractivity contribution in [3.8, 4) is 0 Å². The molecule has 0 amide bonds. The van der Waals surface area contributed by atoms with E-state index < -0.39 is 10.0 Å². The largest absolute Gasteiger partial charge is 0.385 e. The van der Waals surface area contributed by atoms with Gasteiger partial charge >= 0.3 is 0 Å². The number of benzene rings is 1. The van der Waals surface area contributed by atoms with Crippen molar-refractivity contribution in [2.75, 3.05) is 31.2 Å². The van der Waals surface area contributed by atoms with Crippen LogP contribution >= 0.6 is 23.2 Å². The molecule has 0 aromatic heterocycles. The van der Waals surface area contributed by atoms with E-state index in [-0.39, 0.29) is 0 Å². The first kappa shape index (κ1) is 15.9. The normalized spacial score (nSPS) is 20.9. The number of hydrogen-bond acceptors (Lipinski definition) is 3. The Balaban J connectivity index is 1.92. The smallest absolute Gasteiger partial charge is 0.211 e. The van der Waals surface area contributed by atoms with Crippen LogP contribution in [0.2, 0.25) is 10.0 Å². The van der Waals surface area contributed by atoms with E-state index in [4.69, 9.17) is 23.2 Å². The van der Waals surface area contributed by atoms with Crippen molar-refractivity contribution >= 4 is 38.9 Å². The third-order valence-electron chi connectivity index (χ3n) is 3.47. The molecule has 1 aromatic carbocycles. The number of nitrogens with one attached hydrogen (secondary N) is 1. The van der Waals surface area contributed by atoms with Gasteiger partial charge in [0.05, 0.1) is 16.3 Å². The predicted octanol–water partition coefficient (Wildman–Crippen LogP) is 3.08. The fourth-order valence-corrected chi connectivity index (χ4v) is 3.60. The van der Waals surface area contributed by atoms with Crippen LogP contribution in [0.15, 0.2) is 18.2 Å². The van der Waals surface area contributed by atoms with Crippen LogP contribution < -0.4 is 5.32 Å². The molecule has 112 valence electrons. The quantitative estimate of drug-likeness (QED) is 0.919. The van der Waals surface area contributed by atoms with Crippen LogP contribution in [0.5, 0.6) is 0 Å². The third kappa shape index (κ3) is 4.25. The molecule has 7 heteroatoms. The summed E-state index contributed by atoms with van der Waals surface area (Å²) in [7, 11) is -3.09. The van der Waals surface area contributed by atoms with Gasteiger partial charge in [0.15, 0.2) is 0 Å². The zero-order valence-corrected chi connectivity index (χ0v) is 13.6. The van der Waals surface area contributed by atoms with Crippen LogP contribution in [0.3, 0.4) is 0 Å². The lowest BCUT2D eigenvalue weighted by Crippen LogP contribution is -2.41. The van der Waals surface area contributed by atoms with Crippen LogP contribution in [-0.2, 0) is 10.0 Å². The standard InChI is InChI=1S/C13H18Cl2N2O2S/c1-20(18,19)17-6-2-3-10(9-17)8-16-11-4-5-12(14)13(15)7-11/h4-5,7,10,16H,2-3,6,8-9H2,1H3. The molecule has 1 aliphatic rings. The second-order valence-corrected chi connectivity index (χ2v) is 7.94. The number of sulfonamides is 1. The van der Waals surface area contributed by atoms with E-state index in [1.54, 1.807) is 16.4 Å². The van der Waals surface area contributed by atoms with E-state index in [0.717, 1.165) is 25.1 Å². The molecule has 1 aliphatic heterocycles. The van der Waals surface area contributed by atoms with E-state index in [0.29, 0.717) is 29.1 Å². The van der Waals surface area contributed by atoms with Gasteiger partial charge in [-0.1, -0.05) is 23.2 Å². The van der Waals surface area contributed by atoms with Crippen molar-refractivity contribution in [1.82, 2.24) is 4.31 Å². The van der Waals surface area contributed by atoms with Crippen LogP contribution in [0.1, 0.15) is 12.8 Å². The fourth-order valence-electron chi connectivity index (χ4n) is 2.36. The molecule has 0 aliphatic carbocycles. The van der Waals surface area contributed by atoms with Crippen molar-refractivity contribution in [2.24, 2.45) is 5.92 Å². The summed E-state index contributed by atoms with van der Waals surface area (Å²) in [6, 6.07) is 5.39. The predicted molar refractivity (Wildman–Crippen MR) is 84.1 cm³/mol. The summed E-state index contributed by atoms with van der Waals surface area (Å²) in [5.74, 6) is 0.313. The first-order chi connectivity index (χ1) is 9.36. The Morgan fingerprint density at radius 3 is 2.75 bits per heavy atom. The minimum atomic E-state index is -3.09. The average Bonchev–Trinajstić information content (AvgIpc) is 2.39. The average molecular weight is 337 g/mol. The molecule has 2 rings (SSSR count). The molecule has 1 atom stereocenters. The summed E-state index contributed by atoms with van der Waals surface area (Å²) in [6.45, 7) is 1.93. The summed E-state index contributed by atoms with van der Waals surface area (Å²) in [6.07, 6.45) is 3.20. The van der Waals surface area contributed by atoms with Crippen molar-refractivity contribution in [3.05, 3.63) is 28.2 Å². The Labute approximate surface area is 130 Å². The van der Waals surface area contributed by atoms with Crippen molar-refractivity contribution in [2.45, 2.75) is 12.8 Å². The van der Waals surface area contributed by atoms with Gasteiger partial charge < -0.3 is 5.32 Å². The van der Waals surface area contributed by atoms with Gasteiger partial charge in [0.2, 0.25) is 10.0 Å². The monoisotopic (exact) mass is 336 g/mol. The highest BCUT2D eigenvalue weighted by Crippen LogP contribution is 2.26. The first-order valence-electron chi connectivity index (χ1n) is 6.50. The van der Waals surface area contributed by atoms with Gasteiger partial charge in [-0.05, 0) is 37.0 Å². The van der Waals surface area contributed by atoms with Gasteiger partial charge in [0, 0.05) is 25.3 Å². The minimum Gasteiger partial charge on any atom is -0.385 e. The second-order valence-electron chi connectivity index (χ2n) is 5.14. The van der Waals surface area contributed by atoms with E-state index in [2.05, 4.69) is 5.32 Å². The van der Waals surface area contributed by atoms with Crippen LogP contribution in [-0.4, -0.2) is 38.6 Å². The summed E-state index contributed by atoms with van der Waals surface area (Å²) in [5.41, 5.74) is 0.899. The van der Waals surface area contributed by atoms with Crippen LogP contribution in [0.25, 0.3) is 0 Å². The van der Waals surface area contributed by atoms with E-state index in [1.807, 2.05) is 6.07 Å². The number of hydrogen-bond donors (Lipinski definition) is 1. The molecule has 0 spiro atoms. The Bertz CT molecular complexity index is 578. The minimum absolute atomic E-state index is 0.313. The van der Waals surface area contributed by atoms with E-state index in [1.165, 1.54) is 6.26 Å². The second kappa shape index (κ2) is 6.52. The summed E-state index contributed by atoms with van der Waals surface area (Å²) in [4.78, 5) is 0. The van der Waals surface area contributed by atoms with Crippen LogP contribution in [0, 0.1) is 5.92 Å². The van der Waals surface area contributed by atoms with E-state index in [9.17, 15) is 8.42 Å². The highest BCUT2D eigenvalue weighted by atomic mass is 35.5. The van der Waals surface area contributed by atoms with Gasteiger partial charge in [-0.15, -0.1) is 0 Å². The SMILES string of the molecule is CS(=O)(=O)N1CCCC(CNc2ccc(Cl)c(Cl)c2)C1. The Hall–Kier alpha value is -0.490. The maximum atomic E-state index is 11.6. The highest BCUT2D eigenvalue weighted by molar-refractivity contribution is 7.88. The zero-order valence-electron chi connectivity index (χ0n) is 11.3. The third-order valence-corrected chi connectivity index (χ3v) is 5.47. The molecule has 1 saturated heterocycles. The van der Waals surface area contributed by atoms with Crippen molar-refractivity contribution in [1.29, 1.82) is 0 Å². The topological polar surface area (TPSA) is 49.4 Å². The molecule has 1 fully saturated rings. The molecule has 1 heterocycles. The summed E-state index contributed by atoms with van der Waals surface area (Å²) >= 11 is 11.8. The Kier molecular flexibility index (Phi) is 5.18. The van der Waals surface area contributed by atoms with Crippen molar-refractivity contribution in [3.63, 3.8) is 0 Å². The molecule has 0 saturated carbocycles. The molecular weight excluding hydrogens is 319 g/mol. The first-order valence-corrected chi connectivity index (χ1v) is 9.11. The maximum Gasteiger partial charge on any atom is 0.211 e. The zero-order chi connectivity index (χ0) is 14.8. The van der Waals surface area contributed by atoms with Gasteiger partial charge in [0.1, 0.15) is 0 Å². The molecular formula is C13H18Cl2N2O2S. The molecule has 1 N–H and O–H groups in total. The molecule has 1 aromatic rings. The van der Waals surface area contributed by atoms with Crippen molar-refractivity contribution < 1.29 is 8.42 Å². The van der Waals surface area contributed by atoms with E-state index >= 15 is 0 Å². The van der Waals surface area contributed by atoms with Gasteiger partial charge in [-0.3, -0.25) is 0 Å². The molecule has 0 bridgehead atoms. The molecule has 20 heavy (non-hydrogen) atoms. The van der Waals surface area contributed by atoms with Gasteiger partial charge in [-0.25, -0.2) is 12.7 Å². The maximum absolute atomic E-state index is 11.6. The fraction of sp³-hybridized carbons (Fsp3) is 0.538. The number of anilines is 1. The Morgan fingerprint density at radius 2 is 2.10 bits per heavy atom. The lowest BCUT2D eigenvalue weighted by atomic mass is 9.99. The molecule has 0 radical (unpaired) electrons. The summed E-state index contributed by atoms with van der Waals surface area (Å²) < 4.78 is 24.7. The van der Waals surface area contributed by atoms with Gasteiger partial charge in [-0.2, -0.15) is 0 Å². The number of rotatable bonds is 4. The molecule has 4 nitrogen and oxygen atoms in total. The Morgan fingerprint density at radius 1 is 1.35 bits per heavy atom. The number of piperidine rings is 1. The van der Waals surface area contributed by atoms with Crippen LogP contribution in [0.4, 0.5) is 5.69 Å².